The van der Waals surface area contributed by atoms with E-state index in [1.54, 1.807) is 42.6 Å². The van der Waals surface area contributed by atoms with Crippen LogP contribution in [0.5, 0.6) is 0 Å². The van der Waals surface area contributed by atoms with Gasteiger partial charge in [-0.1, -0.05) is 51.3 Å². The second-order valence-electron chi connectivity index (χ2n) is 9.09. The van der Waals surface area contributed by atoms with Gasteiger partial charge in [0.1, 0.15) is 6.54 Å². The predicted molar refractivity (Wildman–Crippen MR) is 156 cm³/mol. The first kappa shape index (κ1) is 27.3. The fourth-order valence-corrected chi connectivity index (χ4v) is 5.79. The smallest absolute Gasteiger partial charge is 0.264 e. The number of halogens is 1. The van der Waals surface area contributed by atoms with Gasteiger partial charge in [-0.2, -0.15) is 5.10 Å². The van der Waals surface area contributed by atoms with Crippen LogP contribution >= 0.6 is 15.9 Å². The highest BCUT2D eigenvalue weighted by Gasteiger charge is 2.27. The minimum atomic E-state index is -3.98. The molecule has 0 fully saturated rings. The summed E-state index contributed by atoms with van der Waals surface area (Å²) >= 11 is 3.46. The number of anilines is 1. The van der Waals surface area contributed by atoms with Crippen molar-refractivity contribution in [1.29, 1.82) is 0 Å². The van der Waals surface area contributed by atoms with E-state index >= 15 is 0 Å². The number of rotatable bonds is 8. The topological polar surface area (TPSA) is 83.8 Å². The molecule has 1 N–H and O–H groups in total. The monoisotopic (exact) mass is 592 g/mol. The van der Waals surface area contributed by atoms with Crippen molar-refractivity contribution < 1.29 is 13.2 Å². The minimum Gasteiger partial charge on any atom is -0.318 e. The number of nitrogens with one attached hydrogen (secondary N) is 1. The lowest BCUT2D eigenvalue weighted by Gasteiger charge is -2.24. The highest BCUT2D eigenvalue weighted by atomic mass is 79.9. The van der Waals surface area contributed by atoms with Crippen molar-refractivity contribution in [2.45, 2.75) is 32.6 Å². The van der Waals surface area contributed by atoms with Crippen molar-refractivity contribution in [3.63, 3.8) is 0 Å². The molecular weight excluding hydrogens is 564 g/mol. The van der Waals surface area contributed by atoms with E-state index in [0.717, 1.165) is 42.5 Å². The average molecular weight is 594 g/mol. The van der Waals surface area contributed by atoms with Crippen LogP contribution in [-0.4, -0.2) is 31.7 Å². The highest BCUT2D eigenvalue weighted by molar-refractivity contribution is 9.10. The second-order valence-corrected chi connectivity index (χ2v) is 11.9. The Balaban J connectivity index is 1.54. The number of hydrogen-bond donors (Lipinski definition) is 1. The van der Waals surface area contributed by atoms with E-state index in [1.807, 2.05) is 70.2 Å². The molecule has 3 aromatic carbocycles. The van der Waals surface area contributed by atoms with Crippen molar-refractivity contribution in [3.05, 3.63) is 111 Å². The summed E-state index contributed by atoms with van der Waals surface area (Å²) in [4.78, 5) is 13.0. The third kappa shape index (κ3) is 6.06. The molecule has 1 heterocycles. The molecule has 0 aliphatic carbocycles. The van der Waals surface area contributed by atoms with Gasteiger partial charge in [0.2, 0.25) is 0 Å². The number of aromatic nitrogens is 1. The molecule has 0 spiro atoms. The summed E-state index contributed by atoms with van der Waals surface area (Å²) < 4.78 is 31.2. The third-order valence-electron chi connectivity index (χ3n) is 6.17. The average Bonchev–Trinajstić information content (AvgIpc) is 3.16. The molecule has 38 heavy (non-hydrogen) atoms. The van der Waals surface area contributed by atoms with E-state index in [-0.39, 0.29) is 4.90 Å². The molecule has 0 unspecified atom stereocenters. The van der Waals surface area contributed by atoms with Crippen LogP contribution in [0.4, 0.5) is 5.69 Å². The number of hydrazone groups is 1. The summed E-state index contributed by atoms with van der Waals surface area (Å²) in [5.74, 6) is -0.556. The van der Waals surface area contributed by atoms with Crippen molar-refractivity contribution in [2.24, 2.45) is 5.10 Å². The van der Waals surface area contributed by atoms with Crippen molar-refractivity contribution in [3.8, 4) is 5.69 Å². The Bertz CT molecular complexity index is 1570. The molecule has 0 atom stereocenters. The van der Waals surface area contributed by atoms with Crippen LogP contribution in [0.3, 0.4) is 0 Å². The molecule has 9 heteroatoms. The van der Waals surface area contributed by atoms with Gasteiger partial charge in [0, 0.05) is 27.1 Å². The van der Waals surface area contributed by atoms with E-state index in [4.69, 9.17) is 0 Å². The molecule has 1 aromatic heterocycles. The van der Waals surface area contributed by atoms with E-state index in [9.17, 15) is 13.2 Å². The van der Waals surface area contributed by atoms with Gasteiger partial charge in [0.25, 0.3) is 15.9 Å². The molecule has 0 radical (unpaired) electrons. The summed E-state index contributed by atoms with van der Waals surface area (Å²) in [5.41, 5.74) is 8.65. The zero-order chi connectivity index (χ0) is 27.4. The minimum absolute atomic E-state index is 0.111. The molecule has 0 aliphatic rings. The van der Waals surface area contributed by atoms with E-state index < -0.39 is 22.5 Å². The first-order valence-corrected chi connectivity index (χ1v) is 14.2. The largest absolute Gasteiger partial charge is 0.318 e. The predicted octanol–water partition coefficient (Wildman–Crippen LogP) is 5.82. The zero-order valence-electron chi connectivity index (χ0n) is 21.6. The van der Waals surface area contributed by atoms with Crippen molar-refractivity contribution in [2.75, 3.05) is 10.8 Å². The number of carbonyl (C=O) groups excluding carboxylic acids is 1. The number of benzene rings is 3. The zero-order valence-corrected chi connectivity index (χ0v) is 24.0. The molecule has 4 aromatic rings. The SMILES string of the molecule is Cc1ccc(N(CC(=O)N/N=C\c2cc(C)n(-c3ccc(Br)cc3)c2C)S(=O)(=O)c2ccc(C)cc2)cc1. The van der Waals surface area contributed by atoms with E-state index in [1.165, 1.54) is 0 Å². The van der Waals surface area contributed by atoms with Crippen LogP contribution in [0.15, 0.2) is 93.3 Å². The molecule has 7 nitrogen and oxygen atoms in total. The van der Waals surface area contributed by atoms with Gasteiger partial charge in [-0.3, -0.25) is 9.10 Å². The number of aryl methyl sites for hydroxylation is 3. The van der Waals surface area contributed by atoms with Crippen LogP contribution in [0.2, 0.25) is 0 Å². The van der Waals surface area contributed by atoms with Crippen LogP contribution in [0.1, 0.15) is 28.1 Å². The van der Waals surface area contributed by atoms with Gasteiger partial charge in [-0.05, 0) is 82.3 Å². The lowest BCUT2D eigenvalue weighted by molar-refractivity contribution is -0.119. The highest BCUT2D eigenvalue weighted by Crippen LogP contribution is 2.25. The Morgan fingerprint density at radius 1 is 0.921 bits per heavy atom. The van der Waals surface area contributed by atoms with Crippen LogP contribution in [-0.2, 0) is 14.8 Å². The Kier molecular flexibility index (Phi) is 8.18. The number of sulfonamides is 1. The molecular formula is C29H29BrN4O3S. The lowest BCUT2D eigenvalue weighted by Crippen LogP contribution is -2.39. The number of nitrogens with zero attached hydrogens (tertiary/aromatic N) is 3. The maximum atomic E-state index is 13.5. The van der Waals surface area contributed by atoms with Gasteiger partial charge in [-0.25, -0.2) is 13.8 Å². The maximum Gasteiger partial charge on any atom is 0.264 e. The molecule has 0 bridgehead atoms. The molecule has 0 saturated heterocycles. The first-order chi connectivity index (χ1) is 18.1. The Hall–Kier alpha value is -3.69. The summed E-state index contributed by atoms with van der Waals surface area (Å²) in [6.45, 7) is 7.36. The summed E-state index contributed by atoms with van der Waals surface area (Å²) in [6.07, 6.45) is 1.57. The molecule has 1 amide bonds. The Morgan fingerprint density at radius 3 is 2.11 bits per heavy atom. The summed E-state index contributed by atoms with van der Waals surface area (Å²) in [5, 5.41) is 4.12. The third-order valence-corrected chi connectivity index (χ3v) is 8.48. The summed E-state index contributed by atoms with van der Waals surface area (Å²) in [7, 11) is -3.98. The van der Waals surface area contributed by atoms with E-state index in [2.05, 4.69) is 31.0 Å². The maximum absolute atomic E-state index is 13.5. The number of amides is 1. The van der Waals surface area contributed by atoms with Crippen LogP contribution in [0.25, 0.3) is 5.69 Å². The fourth-order valence-electron chi connectivity index (χ4n) is 4.11. The molecule has 0 saturated carbocycles. The van der Waals surface area contributed by atoms with Crippen LogP contribution < -0.4 is 9.73 Å². The van der Waals surface area contributed by atoms with Crippen molar-refractivity contribution in [1.82, 2.24) is 9.99 Å². The van der Waals surface area contributed by atoms with Crippen LogP contribution in [0, 0.1) is 27.7 Å². The second kappa shape index (κ2) is 11.4. The lowest BCUT2D eigenvalue weighted by atomic mass is 10.2. The van der Waals surface area contributed by atoms with Gasteiger partial charge < -0.3 is 4.57 Å². The summed E-state index contributed by atoms with van der Waals surface area (Å²) in [6, 6.07) is 23.5. The van der Waals surface area contributed by atoms with Crippen molar-refractivity contribution >= 4 is 43.8 Å². The normalized spacial score (nSPS) is 11.6. The number of carbonyl (C=O) groups is 1. The van der Waals surface area contributed by atoms with Gasteiger partial charge in [0.15, 0.2) is 0 Å². The molecule has 4 rings (SSSR count). The van der Waals surface area contributed by atoms with Gasteiger partial charge >= 0.3 is 0 Å². The van der Waals surface area contributed by atoms with E-state index in [0.29, 0.717) is 5.69 Å². The quantitative estimate of drug-likeness (QED) is 0.207. The molecule has 0 aliphatic heterocycles. The van der Waals surface area contributed by atoms with Gasteiger partial charge in [-0.15, -0.1) is 0 Å². The Labute approximate surface area is 232 Å². The standard InChI is InChI=1S/C29H29BrN4O3S/c1-20-5-11-26(12-6-20)33(38(36,37)28-15-7-21(2)8-16-28)19-29(35)32-31-18-24-17-22(3)34(23(24)4)27-13-9-25(30)10-14-27/h5-18H,19H2,1-4H3,(H,32,35)/b31-18-. The van der Waals surface area contributed by atoms with Gasteiger partial charge in [0.05, 0.1) is 16.8 Å². The Morgan fingerprint density at radius 2 is 1.50 bits per heavy atom. The number of hydrogen-bond acceptors (Lipinski definition) is 4. The first-order valence-electron chi connectivity index (χ1n) is 12.0. The molecule has 196 valence electrons. The fraction of sp³-hybridized carbons (Fsp3) is 0.172.